The van der Waals surface area contributed by atoms with Crippen molar-refractivity contribution in [2.45, 2.75) is 13.1 Å². The molecule has 0 spiro atoms. The number of halogens is 2. The van der Waals surface area contributed by atoms with Gasteiger partial charge in [-0.3, -0.25) is 14.3 Å². The fourth-order valence-corrected chi connectivity index (χ4v) is 3.29. The van der Waals surface area contributed by atoms with Crippen molar-refractivity contribution >= 4 is 16.9 Å². The molecule has 8 heteroatoms. The molecule has 0 atom stereocenters. The third-order valence-corrected chi connectivity index (χ3v) is 4.62. The van der Waals surface area contributed by atoms with E-state index in [1.165, 1.54) is 6.26 Å². The van der Waals surface area contributed by atoms with Crippen LogP contribution in [-0.2, 0) is 6.54 Å². The molecule has 0 N–H and O–H groups in total. The topological polar surface area (TPSA) is 54.5 Å². The summed E-state index contributed by atoms with van der Waals surface area (Å²) in [5.74, 6) is 0.513. The SMILES string of the molecule is O=C(c1ccco1)N1CCN(Cc2nc3ccccc3n2C(F)F)CC1. The highest BCUT2D eigenvalue weighted by molar-refractivity contribution is 5.91. The molecule has 1 fully saturated rings. The van der Waals surface area contributed by atoms with E-state index in [1.807, 2.05) is 4.90 Å². The predicted octanol–water partition coefficient (Wildman–Crippen LogP) is 2.98. The van der Waals surface area contributed by atoms with E-state index in [4.69, 9.17) is 4.42 Å². The van der Waals surface area contributed by atoms with Crippen molar-refractivity contribution in [3.05, 3.63) is 54.2 Å². The van der Waals surface area contributed by atoms with Gasteiger partial charge in [0.05, 0.1) is 23.8 Å². The lowest BCUT2D eigenvalue weighted by molar-refractivity contribution is 0.0553. The van der Waals surface area contributed by atoms with Crippen LogP contribution in [-0.4, -0.2) is 51.4 Å². The zero-order chi connectivity index (χ0) is 18.1. The molecule has 1 aliphatic heterocycles. The maximum Gasteiger partial charge on any atom is 0.320 e. The van der Waals surface area contributed by atoms with Crippen LogP contribution < -0.4 is 0 Å². The van der Waals surface area contributed by atoms with Crippen LogP contribution in [0.4, 0.5) is 8.78 Å². The monoisotopic (exact) mass is 360 g/mol. The number of benzene rings is 1. The number of carbonyl (C=O) groups excluding carboxylic acids is 1. The molecule has 0 bridgehead atoms. The van der Waals surface area contributed by atoms with Gasteiger partial charge in [0, 0.05) is 26.2 Å². The summed E-state index contributed by atoms with van der Waals surface area (Å²) in [6.45, 7) is -0.0816. The number of amides is 1. The van der Waals surface area contributed by atoms with E-state index in [0.29, 0.717) is 55.3 Å². The first-order valence-electron chi connectivity index (χ1n) is 8.42. The lowest BCUT2D eigenvalue weighted by Crippen LogP contribution is -2.48. The molecule has 26 heavy (non-hydrogen) atoms. The first-order valence-corrected chi connectivity index (χ1v) is 8.42. The molecule has 2 aromatic heterocycles. The van der Waals surface area contributed by atoms with Gasteiger partial charge < -0.3 is 9.32 Å². The third-order valence-electron chi connectivity index (χ3n) is 4.62. The highest BCUT2D eigenvalue weighted by Crippen LogP contribution is 2.24. The largest absolute Gasteiger partial charge is 0.459 e. The average molecular weight is 360 g/mol. The second-order valence-corrected chi connectivity index (χ2v) is 6.21. The number of hydrogen-bond donors (Lipinski definition) is 0. The Morgan fingerprint density at radius 1 is 1.12 bits per heavy atom. The molecule has 1 aromatic carbocycles. The van der Waals surface area contributed by atoms with Crippen LogP contribution in [0.5, 0.6) is 0 Å². The van der Waals surface area contributed by atoms with Gasteiger partial charge in [-0.05, 0) is 24.3 Å². The molecule has 0 saturated carbocycles. The van der Waals surface area contributed by atoms with Crippen LogP contribution in [0, 0.1) is 0 Å². The minimum atomic E-state index is -2.64. The second kappa shape index (κ2) is 6.87. The van der Waals surface area contributed by atoms with Gasteiger partial charge in [-0.2, -0.15) is 8.78 Å². The highest BCUT2D eigenvalue weighted by atomic mass is 19.3. The van der Waals surface area contributed by atoms with Crippen molar-refractivity contribution < 1.29 is 18.0 Å². The predicted molar refractivity (Wildman–Crippen MR) is 90.9 cm³/mol. The highest BCUT2D eigenvalue weighted by Gasteiger charge is 2.25. The molecular formula is C18H18F2N4O2. The molecule has 4 rings (SSSR count). The Bertz CT molecular complexity index is 899. The van der Waals surface area contributed by atoms with Gasteiger partial charge in [0.15, 0.2) is 5.76 Å². The Morgan fingerprint density at radius 3 is 2.58 bits per heavy atom. The van der Waals surface area contributed by atoms with E-state index in [-0.39, 0.29) is 5.91 Å². The van der Waals surface area contributed by atoms with Crippen molar-refractivity contribution in [1.29, 1.82) is 0 Å². The van der Waals surface area contributed by atoms with Crippen molar-refractivity contribution in [2.24, 2.45) is 0 Å². The van der Waals surface area contributed by atoms with Crippen LogP contribution in [0.2, 0.25) is 0 Å². The maximum atomic E-state index is 13.5. The Labute approximate surface area is 148 Å². The van der Waals surface area contributed by atoms with Crippen LogP contribution in [0.15, 0.2) is 47.1 Å². The number of alkyl halides is 2. The fraction of sp³-hybridized carbons (Fsp3) is 0.333. The van der Waals surface area contributed by atoms with Crippen LogP contribution in [0.3, 0.4) is 0 Å². The zero-order valence-corrected chi connectivity index (χ0v) is 14.0. The quantitative estimate of drug-likeness (QED) is 0.718. The van der Waals surface area contributed by atoms with Gasteiger partial charge in [0.1, 0.15) is 5.82 Å². The number of para-hydroxylation sites is 2. The van der Waals surface area contributed by atoms with Crippen molar-refractivity contribution in [2.75, 3.05) is 26.2 Å². The Balaban J connectivity index is 1.46. The number of piperazine rings is 1. The van der Waals surface area contributed by atoms with Crippen molar-refractivity contribution in [1.82, 2.24) is 19.4 Å². The molecule has 3 heterocycles. The van der Waals surface area contributed by atoms with Crippen molar-refractivity contribution in [3.8, 4) is 0 Å². The van der Waals surface area contributed by atoms with E-state index in [2.05, 4.69) is 4.98 Å². The van der Waals surface area contributed by atoms with Gasteiger partial charge >= 0.3 is 6.55 Å². The maximum absolute atomic E-state index is 13.5. The summed E-state index contributed by atoms with van der Waals surface area (Å²) in [5, 5.41) is 0. The molecule has 1 aliphatic rings. The number of hydrogen-bond acceptors (Lipinski definition) is 4. The Hall–Kier alpha value is -2.74. The summed E-state index contributed by atoms with van der Waals surface area (Å²) in [4.78, 5) is 20.4. The molecule has 0 radical (unpaired) electrons. The molecular weight excluding hydrogens is 342 g/mol. The molecule has 1 amide bonds. The van der Waals surface area contributed by atoms with Gasteiger partial charge in [-0.25, -0.2) is 4.98 Å². The summed E-state index contributed by atoms with van der Waals surface area (Å²) in [5.41, 5.74) is 0.999. The lowest BCUT2D eigenvalue weighted by atomic mass is 10.3. The normalized spacial score (nSPS) is 15.9. The van der Waals surface area contributed by atoms with E-state index >= 15 is 0 Å². The summed E-state index contributed by atoms with van der Waals surface area (Å²) in [6.07, 6.45) is 1.47. The average Bonchev–Trinajstić information content (AvgIpc) is 3.29. The smallest absolute Gasteiger partial charge is 0.320 e. The molecule has 136 valence electrons. The van der Waals surface area contributed by atoms with E-state index in [9.17, 15) is 13.6 Å². The van der Waals surface area contributed by atoms with E-state index < -0.39 is 6.55 Å². The number of aromatic nitrogens is 2. The van der Waals surface area contributed by atoms with Gasteiger partial charge in [-0.1, -0.05) is 12.1 Å². The Morgan fingerprint density at radius 2 is 1.88 bits per heavy atom. The van der Waals surface area contributed by atoms with Gasteiger partial charge in [0.25, 0.3) is 5.91 Å². The molecule has 3 aromatic rings. The molecule has 0 unspecified atom stereocenters. The molecule has 1 saturated heterocycles. The number of furan rings is 1. The summed E-state index contributed by atoms with van der Waals surface area (Å²) < 4.78 is 33.1. The first kappa shape index (κ1) is 16.7. The van der Waals surface area contributed by atoms with Crippen molar-refractivity contribution in [3.63, 3.8) is 0 Å². The number of nitrogens with zero attached hydrogens (tertiary/aromatic N) is 4. The third kappa shape index (κ3) is 3.08. The number of rotatable bonds is 4. The summed E-state index contributed by atoms with van der Waals surface area (Å²) in [7, 11) is 0. The minimum Gasteiger partial charge on any atom is -0.459 e. The van der Waals surface area contributed by atoms with Gasteiger partial charge in [-0.15, -0.1) is 0 Å². The summed E-state index contributed by atoms with van der Waals surface area (Å²) in [6, 6.07) is 10.2. The molecule has 0 aliphatic carbocycles. The van der Waals surface area contributed by atoms with Crippen LogP contribution >= 0.6 is 0 Å². The van der Waals surface area contributed by atoms with Crippen LogP contribution in [0.25, 0.3) is 11.0 Å². The standard InChI is InChI=1S/C18H18F2N4O2/c19-18(20)24-14-5-2-1-4-13(14)21-16(24)12-22-7-9-23(10-8-22)17(25)15-6-3-11-26-15/h1-6,11,18H,7-10,12H2. The van der Waals surface area contributed by atoms with Crippen LogP contribution in [0.1, 0.15) is 22.9 Å². The summed E-state index contributed by atoms with van der Waals surface area (Å²) >= 11 is 0. The zero-order valence-electron chi connectivity index (χ0n) is 14.0. The fourth-order valence-electron chi connectivity index (χ4n) is 3.29. The second-order valence-electron chi connectivity index (χ2n) is 6.21. The van der Waals surface area contributed by atoms with E-state index in [0.717, 1.165) is 4.57 Å². The number of carbonyl (C=O) groups is 1. The van der Waals surface area contributed by atoms with Gasteiger partial charge in [0.2, 0.25) is 0 Å². The lowest BCUT2D eigenvalue weighted by Gasteiger charge is -2.34. The number of fused-ring (bicyclic) bond motifs is 1. The Kier molecular flexibility index (Phi) is 4.42. The minimum absolute atomic E-state index is 0.144. The van der Waals surface area contributed by atoms with E-state index in [1.54, 1.807) is 41.3 Å². The first-order chi connectivity index (χ1) is 12.6. The number of imidazole rings is 1. The molecule has 6 nitrogen and oxygen atoms in total.